The molecule has 162 valence electrons. The summed E-state index contributed by atoms with van der Waals surface area (Å²) in [6.07, 6.45) is 0.866. The molecule has 1 saturated heterocycles. The molecule has 0 unspecified atom stereocenters. The van der Waals surface area contributed by atoms with Crippen molar-refractivity contribution in [3.05, 3.63) is 69.5 Å². The first-order chi connectivity index (χ1) is 14.7. The highest BCUT2D eigenvalue weighted by Gasteiger charge is 2.36. The standard InChI is InChI=1S/C23H23ClFN3O3/c1-23(2,3)31-22(30)27-12-6-11-18(27)20-26-17-10-5-9-16(24)19(17)21(29)28(20)15-8-4-7-14(25)13-15/h4-5,7-10,13,18H,6,11-12H2,1-3H3/t18-/m0/s1. The monoisotopic (exact) mass is 443 g/mol. The number of hydrogen-bond donors (Lipinski definition) is 0. The normalized spacial score (nSPS) is 16.7. The van der Waals surface area contributed by atoms with Crippen LogP contribution in [-0.4, -0.2) is 32.7 Å². The second-order valence-corrected chi connectivity index (χ2v) is 8.96. The van der Waals surface area contributed by atoms with Crippen molar-refractivity contribution in [3.8, 4) is 5.69 Å². The van der Waals surface area contributed by atoms with Crippen molar-refractivity contribution in [1.82, 2.24) is 14.5 Å². The Balaban J connectivity index is 1.93. The summed E-state index contributed by atoms with van der Waals surface area (Å²) in [5, 5.41) is 0.515. The summed E-state index contributed by atoms with van der Waals surface area (Å²) in [6.45, 7) is 5.88. The quantitative estimate of drug-likeness (QED) is 0.542. The highest BCUT2D eigenvalue weighted by molar-refractivity contribution is 6.35. The van der Waals surface area contributed by atoms with Crippen LogP contribution in [0.4, 0.5) is 9.18 Å². The van der Waals surface area contributed by atoms with E-state index < -0.39 is 29.1 Å². The van der Waals surface area contributed by atoms with Gasteiger partial charge in [-0.05, 0) is 63.9 Å². The van der Waals surface area contributed by atoms with Gasteiger partial charge >= 0.3 is 6.09 Å². The first kappa shape index (κ1) is 21.3. The summed E-state index contributed by atoms with van der Waals surface area (Å²) in [5.74, 6) is -0.126. The molecule has 2 heterocycles. The molecule has 1 atom stereocenters. The van der Waals surface area contributed by atoms with Crippen molar-refractivity contribution in [2.45, 2.75) is 45.3 Å². The molecule has 8 heteroatoms. The number of carbonyl (C=O) groups excluding carboxylic acids is 1. The van der Waals surface area contributed by atoms with Gasteiger partial charge in [-0.1, -0.05) is 23.7 Å². The van der Waals surface area contributed by atoms with E-state index in [1.807, 2.05) is 0 Å². The van der Waals surface area contributed by atoms with Crippen molar-refractivity contribution in [2.75, 3.05) is 6.54 Å². The molecule has 6 nitrogen and oxygen atoms in total. The SMILES string of the molecule is CC(C)(C)OC(=O)N1CCC[C@H]1c1nc2cccc(Cl)c2c(=O)n1-c1cccc(F)c1. The Morgan fingerprint density at radius 2 is 1.97 bits per heavy atom. The first-order valence-electron chi connectivity index (χ1n) is 10.1. The van der Waals surface area contributed by atoms with Crippen LogP contribution in [0.2, 0.25) is 5.02 Å². The van der Waals surface area contributed by atoms with Crippen LogP contribution in [-0.2, 0) is 4.74 Å². The molecule has 4 rings (SSSR count). The van der Waals surface area contributed by atoms with Gasteiger partial charge in [0, 0.05) is 6.54 Å². The highest BCUT2D eigenvalue weighted by atomic mass is 35.5. The van der Waals surface area contributed by atoms with Gasteiger partial charge in [0.15, 0.2) is 0 Å². The first-order valence-corrected chi connectivity index (χ1v) is 10.5. The third-order valence-corrected chi connectivity index (χ3v) is 5.43. The van der Waals surface area contributed by atoms with Gasteiger partial charge in [0.05, 0.1) is 27.7 Å². The molecule has 1 aliphatic heterocycles. The van der Waals surface area contributed by atoms with Gasteiger partial charge in [-0.25, -0.2) is 14.2 Å². The summed E-state index contributed by atoms with van der Waals surface area (Å²) in [4.78, 5) is 32.7. The molecule has 0 N–H and O–H groups in total. The number of amides is 1. The molecule has 1 aliphatic rings. The summed E-state index contributed by atoms with van der Waals surface area (Å²) >= 11 is 6.30. The van der Waals surface area contributed by atoms with E-state index in [0.29, 0.717) is 30.0 Å². The number of benzene rings is 2. The van der Waals surface area contributed by atoms with E-state index in [1.165, 1.54) is 22.8 Å². The highest BCUT2D eigenvalue weighted by Crippen LogP contribution is 2.34. The Kier molecular flexibility index (Phi) is 5.47. The molecule has 2 aromatic carbocycles. The van der Waals surface area contributed by atoms with Gasteiger partial charge in [-0.2, -0.15) is 0 Å². The molecule has 1 amide bonds. The predicted molar refractivity (Wildman–Crippen MR) is 117 cm³/mol. The zero-order valence-corrected chi connectivity index (χ0v) is 18.3. The van der Waals surface area contributed by atoms with Gasteiger partial charge in [-0.15, -0.1) is 0 Å². The summed E-state index contributed by atoms with van der Waals surface area (Å²) in [7, 11) is 0. The fourth-order valence-corrected chi connectivity index (χ4v) is 4.12. The second kappa shape index (κ2) is 7.96. The summed E-state index contributed by atoms with van der Waals surface area (Å²) in [6, 6.07) is 10.3. The van der Waals surface area contributed by atoms with E-state index in [0.717, 1.165) is 6.42 Å². The number of nitrogens with zero attached hydrogens (tertiary/aromatic N) is 3. The van der Waals surface area contributed by atoms with Crippen LogP contribution in [0, 0.1) is 5.82 Å². The van der Waals surface area contributed by atoms with E-state index in [9.17, 15) is 14.0 Å². The van der Waals surface area contributed by atoms with Crippen LogP contribution < -0.4 is 5.56 Å². The third kappa shape index (κ3) is 4.14. The number of rotatable bonds is 2. The molecule has 1 aromatic heterocycles. The Morgan fingerprint density at radius 1 is 1.23 bits per heavy atom. The predicted octanol–water partition coefficient (Wildman–Crippen LogP) is 5.25. The molecule has 1 fully saturated rings. The average Bonchev–Trinajstić information content (AvgIpc) is 3.16. The van der Waals surface area contributed by atoms with Crippen LogP contribution in [0.1, 0.15) is 45.5 Å². The zero-order valence-electron chi connectivity index (χ0n) is 17.6. The van der Waals surface area contributed by atoms with Gasteiger partial charge < -0.3 is 4.74 Å². The maximum Gasteiger partial charge on any atom is 0.410 e. The Hall–Kier alpha value is -2.93. The van der Waals surface area contributed by atoms with Crippen LogP contribution >= 0.6 is 11.6 Å². The number of halogens is 2. The lowest BCUT2D eigenvalue weighted by Crippen LogP contribution is -2.38. The molecule has 31 heavy (non-hydrogen) atoms. The lowest BCUT2D eigenvalue weighted by Gasteiger charge is -2.29. The van der Waals surface area contributed by atoms with Crippen LogP contribution in [0.25, 0.3) is 16.6 Å². The van der Waals surface area contributed by atoms with Gasteiger partial charge in [0.25, 0.3) is 5.56 Å². The molecule has 0 aliphatic carbocycles. The van der Waals surface area contributed by atoms with Crippen molar-refractivity contribution >= 4 is 28.6 Å². The number of hydrogen-bond acceptors (Lipinski definition) is 4. The largest absolute Gasteiger partial charge is 0.444 e. The van der Waals surface area contributed by atoms with Crippen LogP contribution in [0.5, 0.6) is 0 Å². The van der Waals surface area contributed by atoms with Crippen LogP contribution in [0.3, 0.4) is 0 Å². The minimum Gasteiger partial charge on any atom is -0.444 e. The molecular formula is C23H23ClFN3O3. The molecular weight excluding hydrogens is 421 g/mol. The van der Waals surface area contributed by atoms with E-state index in [1.54, 1.807) is 49.9 Å². The van der Waals surface area contributed by atoms with E-state index in [4.69, 9.17) is 21.3 Å². The maximum atomic E-state index is 14.0. The number of aromatic nitrogens is 2. The number of ether oxygens (including phenoxy) is 1. The van der Waals surface area contributed by atoms with Crippen molar-refractivity contribution in [1.29, 1.82) is 0 Å². The third-order valence-electron chi connectivity index (χ3n) is 5.12. The summed E-state index contributed by atoms with van der Waals surface area (Å²) < 4.78 is 20.9. The van der Waals surface area contributed by atoms with Crippen molar-refractivity contribution in [3.63, 3.8) is 0 Å². The van der Waals surface area contributed by atoms with E-state index >= 15 is 0 Å². The van der Waals surface area contributed by atoms with E-state index in [-0.39, 0.29) is 10.4 Å². The van der Waals surface area contributed by atoms with Gasteiger partial charge in [0.1, 0.15) is 17.2 Å². The maximum absolute atomic E-state index is 14.0. The smallest absolute Gasteiger partial charge is 0.410 e. The Bertz CT molecular complexity index is 1220. The minimum atomic E-state index is -0.656. The number of fused-ring (bicyclic) bond motifs is 1. The topological polar surface area (TPSA) is 64.4 Å². The molecule has 0 spiro atoms. The molecule has 0 radical (unpaired) electrons. The Labute approximate surface area is 184 Å². The fourth-order valence-electron chi connectivity index (χ4n) is 3.87. The fraction of sp³-hybridized carbons (Fsp3) is 0.348. The lowest BCUT2D eigenvalue weighted by atomic mass is 10.1. The molecule has 3 aromatic rings. The second-order valence-electron chi connectivity index (χ2n) is 8.56. The number of carbonyl (C=O) groups is 1. The van der Waals surface area contributed by atoms with E-state index in [2.05, 4.69) is 0 Å². The van der Waals surface area contributed by atoms with Crippen molar-refractivity contribution < 1.29 is 13.9 Å². The number of likely N-dealkylation sites (tertiary alicyclic amines) is 1. The van der Waals surface area contributed by atoms with Crippen molar-refractivity contribution in [2.24, 2.45) is 0 Å². The zero-order chi connectivity index (χ0) is 22.3. The minimum absolute atomic E-state index is 0.249. The summed E-state index contributed by atoms with van der Waals surface area (Å²) in [5.41, 5.74) is -0.314. The van der Waals surface area contributed by atoms with Gasteiger partial charge in [0.2, 0.25) is 0 Å². The Morgan fingerprint density at radius 3 is 2.68 bits per heavy atom. The van der Waals surface area contributed by atoms with Crippen LogP contribution in [0.15, 0.2) is 47.3 Å². The van der Waals surface area contributed by atoms with Gasteiger partial charge in [-0.3, -0.25) is 14.3 Å². The molecule has 0 saturated carbocycles. The lowest BCUT2D eigenvalue weighted by molar-refractivity contribution is 0.0216. The average molecular weight is 444 g/mol. The molecule has 0 bridgehead atoms.